The molecule has 1 aromatic heterocycles. The molecule has 0 spiro atoms. The van der Waals surface area contributed by atoms with E-state index in [9.17, 15) is 9.90 Å². The summed E-state index contributed by atoms with van der Waals surface area (Å²) < 4.78 is 2.23. The minimum Gasteiger partial charge on any atom is -0.481 e. The lowest BCUT2D eigenvalue weighted by atomic mass is 9.95. The van der Waals surface area contributed by atoms with Gasteiger partial charge in [-0.25, -0.2) is 0 Å². The van der Waals surface area contributed by atoms with Crippen LogP contribution < -0.4 is 0 Å². The molecule has 0 fully saturated rings. The SMILES string of the molecule is CCC(C(=O)O)c1cn2c3c(cccc13)CCC2. The standard InChI is InChI=1S/C15H17NO2/c1-2-11(15(17)18)13-9-16-8-4-6-10-5-3-7-12(13)14(10)16/h3,5,7,9,11H,2,4,6,8H2,1H3,(H,17,18). The molecule has 94 valence electrons. The van der Waals surface area contributed by atoms with Gasteiger partial charge in [0.15, 0.2) is 0 Å². The van der Waals surface area contributed by atoms with Gasteiger partial charge >= 0.3 is 5.97 Å². The van der Waals surface area contributed by atoms with E-state index in [1.54, 1.807) is 0 Å². The summed E-state index contributed by atoms with van der Waals surface area (Å²) >= 11 is 0. The van der Waals surface area contributed by atoms with E-state index in [0.717, 1.165) is 30.3 Å². The normalized spacial score (nSPS) is 15.8. The summed E-state index contributed by atoms with van der Waals surface area (Å²) in [6.07, 6.45) is 4.93. The third-order valence-corrected chi connectivity index (χ3v) is 3.94. The highest BCUT2D eigenvalue weighted by Crippen LogP contribution is 2.34. The van der Waals surface area contributed by atoms with Crippen molar-refractivity contribution in [2.75, 3.05) is 0 Å². The van der Waals surface area contributed by atoms with E-state index < -0.39 is 5.97 Å². The number of carbonyl (C=O) groups is 1. The fourth-order valence-electron chi connectivity index (χ4n) is 3.09. The van der Waals surface area contributed by atoms with Crippen molar-refractivity contribution < 1.29 is 9.90 Å². The topological polar surface area (TPSA) is 42.2 Å². The fraction of sp³-hybridized carbons (Fsp3) is 0.400. The van der Waals surface area contributed by atoms with E-state index in [1.807, 2.05) is 13.0 Å². The van der Waals surface area contributed by atoms with Crippen LogP contribution in [0.1, 0.15) is 36.8 Å². The first-order chi connectivity index (χ1) is 8.72. The molecule has 3 heteroatoms. The summed E-state index contributed by atoms with van der Waals surface area (Å²) in [4.78, 5) is 11.4. The van der Waals surface area contributed by atoms with Gasteiger partial charge in [-0.2, -0.15) is 0 Å². The average Bonchev–Trinajstić information content (AvgIpc) is 2.72. The molecule has 1 unspecified atom stereocenters. The Labute approximate surface area is 106 Å². The maximum Gasteiger partial charge on any atom is 0.311 e. The van der Waals surface area contributed by atoms with E-state index in [1.165, 1.54) is 11.1 Å². The van der Waals surface area contributed by atoms with E-state index in [2.05, 4.69) is 22.9 Å². The Hall–Kier alpha value is -1.77. The van der Waals surface area contributed by atoms with Crippen molar-refractivity contribution in [2.45, 2.75) is 38.6 Å². The molecule has 0 amide bonds. The summed E-state index contributed by atoms with van der Waals surface area (Å²) in [6, 6.07) is 6.26. The molecule has 2 heterocycles. The molecule has 18 heavy (non-hydrogen) atoms. The van der Waals surface area contributed by atoms with E-state index in [4.69, 9.17) is 0 Å². The Morgan fingerprint density at radius 2 is 2.33 bits per heavy atom. The zero-order chi connectivity index (χ0) is 12.7. The highest BCUT2D eigenvalue weighted by molar-refractivity contribution is 5.92. The Kier molecular flexibility index (Phi) is 2.62. The van der Waals surface area contributed by atoms with Gasteiger partial charge < -0.3 is 9.67 Å². The summed E-state index contributed by atoms with van der Waals surface area (Å²) in [5.41, 5.74) is 3.58. The number of carboxylic acids is 1. The van der Waals surface area contributed by atoms with Gasteiger partial charge in [0.25, 0.3) is 0 Å². The molecule has 1 atom stereocenters. The Bertz CT molecular complexity index is 612. The van der Waals surface area contributed by atoms with E-state index in [-0.39, 0.29) is 5.92 Å². The number of aryl methyl sites for hydroxylation is 2. The number of para-hydroxylation sites is 1. The number of hydrogen-bond acceptors (Lipinski definition) is 1. The van der Waals surface area contributed by atoms with Crippen LogP contribution in [0.4, 0.5) is 0 Å². The second-order valence-corrected chi connectivity index (χ2v) is 4.99. The molecule has 3 rings (SSSR count). The molecular weight excluding hydrogens is 226 g/mol. The molecule has 1 aromatic carbocycles. The summed E-state index contributed by atoms with van der Waals surface area (Å²) in [6.45, 7) is 2.94. The molecule has 0 saturated carbocycles. The molecule has 0 radical (unpaired) electrons. The van der Waals surface area contributed by atoms with Gasteiger partial charge in [0.1, 0.15) is 0 Å². The average molecular weight is 243 g/mol. The molecule has 0 aliphatic carbocycles. The van der Waals surface area contributed by atoms with Crippen LogP contribution in [0.25, 0.3) is 10.9 Å². The molecule has 1 aliphatic heterocycles. The van der Waals surface area contributed by atoms with Gasteiger partial charge in [-0.05, 0) is 30.4 Å². The number of hydrogen-bond donors (Lipinski definition) is 1. The van der Waals surface area contributed by atoms with Crippen LogP contribution in [0.2, 0.25) is 0 Å². The van der Waals surface area contributed by atoms with Gasteiger partial charge in [-0.3, -0.25) is 4.79 Å². The summed E-state index contributed by atoms with van der Waals surface area (Å²) in [5.74, 6) is -1.11. The second kappa shape index (κ2) is 4.16. The van der Waals surface area contributed by atoms with Gasteiger partial charge in [0.05, 0.1) is 11.4 Å². The Morgan fingerprint density at radius 1 is 1.50 bits per heavy atom. The number of aliphatic carboxylic acids is 1. The monoisotopic (exact) mass is 243 g/mol. The zero-order valence-corrected chi connectivity index (χ0v) is 10.5. The minimum atomic E-state index is -0.721. The van der Waals surface area contributed by atoms with Crippen LogP contribution in [0, 0.1) is 0 Å². The van der Waals surface area contributed by atoms with Crippen molar-refractivity contribution in [3.8, 4) is 0 Å². The molecule has 1 N–H and O–H groups in total. The van der Waals surface area contributed by atoms with Gasteiger partial charge in [-0.15, -0.1) is 0 Å². The Balaban J connectivity index is 2.26. The van der Waals surface area contributed by atoms with Crippen molar-refractivity contribution in [1.82, 2.24) is 4.57 Å². The summed E-state index contributed by atoms with van der Waals surface area (Å²) in [5, 5.41) is 10.5. The molecule has 0 bridgehead atoms. The third kappa shape index (κ3) is 1.54. The quantitative estimate of drug-likeness (QED) is 0.899. The van der Waals surface area contributed by atoms with Crippen LogP contribution >= 0.6 is 0 Å². The van der Waals surface area contributed by atoms with Crippen LogP contribution in [0.15, 0.2) is 24.4 Å². The fourth-order valence-corrected chi connectivity index (χ4v) is 3.09. The molecule has 2 aromatic rings. The van der Waals surface area contributed by atoms with Crippen LogP contribution in [-0.4, -0.2) is 15.6 Å². The van der Waals surface area contributed by atoms with E-state index in [0.29, 0.717) is 6.42 Å². The zero-order valence-electron chi connectivity index (χ0n) is 10.5. The number of carboxylic acid groups (broad SMARTS) is 1. The van der Waals surface area contributed by atoms with Crippen molar-refractivity contribution in [3.63, 3.8) is 0 Å². The highest BCUT2D eigenvalue weighted by atomic mass is 16.4. The number of benzene rings is 1. The Morgan fingerprint density at radius 3 is 3.06 bits per heavy atom. The molecule has 3 nitrogen and oxygen atoms in total. The van der Waals surface area contributed by atoms with Crippen LogP contribution in [0.5, 0.6) is 0 Å². The lowest BCUT2D eigenvalue weighted by Crippen LogP contribution is -2.10. The maximum atomic E-state index is 11.4. The second-order valence-electron chi connectivity index (χ2n) is 4.99. The highest BCUT2D eigenvalue weighted by Gasteiger charge is 2.24. The number of nitrogens with zero attached hydrogens (tertiary/aromatic N) is 1. The first kappa shape index (κ1) is 11.3. The van der Waals surface area contributed by atoms with Crippen molar-refractivity contribution in [3.05, 3.63) is 35.5 Å². The number of rotatable bonds is 3. The lowest BCUT2D eigenvalue weighted by Gasteiger charge is -2.14. The summed E-state index contributed by atoms with van der Waals surface area (Å²) in [7, 11) is 0. The van der Waals surface area contributed by atoms with Gasteiger partial charge in [0, 0.05) is 18.1 Å². The predicted octanol–water partition coefficient (Wildman–Crippen LogP) is 3.17. The smallest absolute Gasteiger partial charge is 0.311 e. The maximum absolute atomic E-state index is 11.4. The van der Waals surface area contributed by atoms with Crippen LogP contribution in [-0.2, 0) is 17.8 Å². The van der Waals surface area contributed by atoms with Gasteiger partial charge in [-0.1, -0.05) is 25.1 Å². The molecular formula is C15H17NO2. The van der Waals surface area contributed by atoms with E-state index >= 15 is 0 Å². The van der Waals surface area contributed by atoms with Crippen molar-refractivity contribution in [2.24, 2.45) is 0 Å². The number of aromatic nitrogens is 1. The van der Waals surface area contributed by atoms with Crippen molar-refractivity contribution >= 4 is 16.9 Å². The molecule has 0 saturated heterocycles. The third-order valence-electron chi connectivity index (χ3n) is 3.94. The first-order valence-electron chi connectivity index (χ1n) is 6.55. The van der Waals surface area contributed by atoms with Crippen LogP contribution in [0.3, 0.4) is 0 Å². The predicted molar refractivity (Wildman–Crippen MR) is 70.9 cm³/mol. The minimum absolute atomic E-state index is 0.387. The van der Waals surface area contributed by atoms with Crippen molar-refractivity contribution in [1.29, 1.82) is 0 Å². The van der Waals surface area contributed by atoms with Gasteiger partial charge in [0.2, 0.25) is 0 Å². The lowest BCUT2D eigenvalue weighted by molar-refractivity contribution is -0.138. The molecule has 1 aliphatic rings. The largest absolute Gasteiger partial charge is 0.481 e. The first-order valence-corrected chi connectivity index (χ1v) is 6.55.